The van der Waals surface area contributed by atoms with Gasteiger partial charge in [0.2, 0.25) is 5.69 Å². The number of amides is 1. The molecule has 2 aromatic carbocycles. The Morgan fingerprint density at radius 3 is 2.64 bits per heavy atom. The average molecular weight is 404 g/mol. The lowest BCUT2D eigenvalue weighted by Gasteiger charge is -2.08. The van der Waals surface area contributed by atoms with Gasteiger partial charge in [-0.3, -0.25) is 4.79 Å². The van der Waals surface area contributed by atoms with Crippen LogP contribution in [0.4, 0.5) is 10.1 Å². The van der Waals surface area contributed by atoms with Crippen molar-refractivity contribution in [3.05, 3.63) is 71.3 Å². The Labute approximate surface area is 164 Å². The molecule has 3 aromatic rings. The second-order valence-electron chi connectivity index (χ2n) is 5.57. The molecule has 1 heterocycles. The molecule has 0 saturated carbocycles. The highest BCUT2D eigenvalue weighted by Gasteiger charge is 2.21. The third kappa shape index (κ3) is 4.47. The van der Waals surface area contributed by atoms with Crippen LogP contribution in [0.2, 0.25) is 5.02 Å². The smallest absolute Gasteiger partial charge is 0.363 e. The van der Waals surface area contributed by atoms with Crippen molar-refractivity contribution in [3.63, 3.8) is 0 Å². The first-order valence-electron chi connectivity index (χ1n) is 8.09. The van der Waals surface area contributed by atoms with E-state index in [1.807, 2.05) is 18.2 Å². The van der Waals surface area contributed by atoms with Crippen LogP contribution in [-0.4, -0.2) is 35.4 Å². The first-order valence-corrected chi connectivity index (χ1v) is 8.47. The molecule has 7 nitrogen and oxygen atoms in total. The van der Waals surface area contributed by atoms with Gasteiger partial charge in [0.1, 0.15) is 5.82 Å². The fourth-order valence-electron chi connectivity index (χ4n) is 2.34. The van der Waals surface area contributed by atoms with Gasteiger partial charge in [0.05, 0.1) is 29.7 Å². The molecule has 0 aliphatic heterocycles. The third-order valence-electron chi connectivity index (χ3n) is 3.65. The minimum absolute atomic E-state index is 0.0305. The zero-order valence-corrected chi connectivity index (χ0v) is 15.4. The molecule has 0 bridgehead atoms. The summed E-state index contributed by atoms with van der Waals surface area (Å²) in [7, 11) is 1.40. The van der Waals surface area contributed by atoms with Crippen molar-refractivity contribution in [2.45, 2.75) is 0 Å². The quantitative estimate of drug-likeness (QED) is 0.637. The second-order valence-corrected chi connectivity index (χ2v) is 5.98. The van der Waals surface area contributed by atoms with Gasteiger partial charge < -0.3 is 14.8 Å². The zero-order valence-electron chi connectivity index (χ0n) is 14.7. The molecule has 0 fully saturated rings. The van der Waals surface area contributed by atoms with E-state index >= 15 is 0 Å². The summed E-state index contributed by atoms with van der Waals surface area (Å²) in [6.45, 7) is -0.576. The van der Waals surface area contributed by atoms with E-state index in [2.05, 4.69) is 10.4 Å². The van der Waals surface area contributed by atoms with Gasteiger partial charge >= 0.3 is 5.97 Å². The van der Waals surface area contributed by atoms with Gasteiger partial charge in [-0.05, 0) is 30.3 Å². The highest BCUT2D eigenvalue weighted by molar-refractivity contribution is 6.33. The van der Waals surface area contributed by atoms with E-state index < -0.39 is 24.3 Å². The van der Waals surface area contributed by atoms with E-state index in [0.29, 0.717) is 0 Å². The molecule has 144 valence electrons. The Morgan fingerprint density at radius 1 is 1.21 bits per heavy atom. The predicted molar refractivity (Wildman–Crippen MR) is 100 cm³/mol. The topological polar surface area (TPSA) is 82.5 Å². The van der Waals surface area contributed by atoms with E-state index in [4.69, 9.17) is 21.1 Å². The molecule has 0 spiro atoms. The van der Waals surface area contributed by atoms with Gasteiger partial charge in [-0.25, -0.2) is 13.9 Å². The lowest BCUT2D eigenvalue weighted by atomic mass is 10.3. The number of methoxy groups -OCH3 is 1. The molecule has 1 aromatic heterocycles. The molecule has 3 rings (SSSR count). The largest absolute Gasteiger partial charge is 0.493 e. The SMILES string of the molecule is COc1cn(-c2ccccc2)nc1C(=O)OCC(=O)Nc1ccc(F)cc1Cl. The summed E-state index contributed by atoms with van der Waals surface area (Å²) >= 11 is 5.84. The maximum Gasteiger partial charge on any atom is 0.363 e. The Kier molecular flexibility index (Phi) is 5.90. The Balaban J connectivity index is 1.66. The summed E-state index contributed by atoms with van der Waals surface area (Å²) < 4.78 is 24.7. The number of rotatable bonds is 6. The van der Waals surface area contributed by atoms with Crippen LogP contribution < -0.4 is 10.1 Å². The van der Waals surface area contributed by atoms with E-state index in [0.717, 1.165) is 17.8 Å². The number of hydrogen-bond donors (Lipinski definition) is 1. The summed E-state index contributed by atoms with van der Waals surface area (Å²) in [5.74, 6) is -1.79. The lowest BCUT2D eigenvalue weighted by molar-refractivity contribution is -0.119. The number of carbonyl (C=O) groups excluding carboxylic acids is 2. The minimum atomic E-state index is -0.827. The van der Waals surface area contributed by atoms with Crippen LogP contribution in [0.15, 0.2) is 54.7 Å². The van der Waals surface area contributed by atoms with E-state index in [1.165, 1.54) is 24.1 Å². The standard InChI is InChI=1S/C19H15ClFN3O4/c1-27-16-10-24(13-5-3-2-4-6-13)23-18(16)19(26)28-11-17(25)22-15-8-7-12(21)9-14(15)20/h2-10H,11H2,1H3,(H,22,25). The summed E-state index contributed by atoms with van der Waals surface area (Å²) in [5, 5.41) is 6.62. The molecule has 0 saturated heterocycles. The van der Waals surface area contributed by atoms with Gasteiger partial charge in [0.25, 0.3) is 5.91 Å². The number of halogens is 2. The number of nitrogens with one attached hydrogen (secondary N) is 1. The second kappa shape index (κ2) is 8.53. The molecule has 0 radical (unpaired) electrons. The summed E-state index contributed by atoms with van der Waals surface area (Å²) in [5.41, 5.74) is 0.859. The normalized spacial score (nSPS) is 10.4. The number of aromatic nitrogens is 2. The van der Waals surface area contributed by atoms with Crippen LogP contribution in [0.3, 0.4) is 0 Å². The van der Waals surface area contributed by atoms with Crippen LogP contribution in [0, 0.1) is 5.82 Å². The van der Waals surface area contributed by atoms with Crippen LogP contribution in [-0.2, 0) is 9.53 Å². The van der Waals surface area contributed by atoms with Crippen molar-refractivity contribution >= 4 is 29.2 Å². The van der Waals surface area contributed by atoms with Crippen LogP contribution in [0.5, 0.6) is 5.75 Å². The first-order chi connectivity index (χ1) is 13.5. The number of anilines is 1. The number of esters is 1. The van der Waals surface area contributed by atoms with E-state index in [1.54, 1.807) is 12.1 Å². The Hall–Kier alpha value is -3.39. The van der Waals surface area contributed by atoms with Crippen molar-refractivity contribution in [1.29, 1.82) is 0 Å². The fourth-order valence-corrected chi connectivity index (χ4v) is 2.55. The predicted octanol–water partition coefficient (Wildman–Crippen LogP) is 3.47. The minimum Gasteiger partial charge on any atom is -0.493 e. The van der Waals surface area contributed by atoms with Gasteiger partial charge in [0, 0.05) is 0 Å². The molecule has 0 unspecified atom stereocenters. The van der Waals surface area contributed by atoms with E-state index in [-0.39, 0.29) is 22.2 Å². The monoisotopic (exact) mass is 403 g/mol. The van der Waals surface area contributed by atoms with Crippen molar-refractivity contribution in [2.75, 3.05) is 19.0 Å². The maximum absolute atomic E-state index is 13.0. The molecule has 0 aliphatic rings. The summed E-state index contributed by atoms with van der Waals surface area (Å²) in [6, 6.07) is 12.6. The summed E-state index contributed by atoms with van der Waals surface area (Å²) in [4.78, 5) is 24.3. The van der Waals surface area contributed by atoms with Crippen LogP contribution >= 0.6 is 11.6 Å². The number of para-hydroxylation sites is 1. The third-order valence-corrected chi connectivity index (χ3v) is 3.97. The fraction of sp³-hybridized carbons (Fsp3) is 0.105. The molecular formula is C19H15ClFN3O4. The van der Waals surface area contributed by atoms with Crippen LogP contribution in [0.1, 0.15) is 10.5 Å². The van der Waals surface area contributed by atoms with Gasteiger partial charge in [0.15, 0.2) is 12.4 Å². The Bertz CT molecular complexity index is 1010. The van der Waals surface area contributed by atoms with Crippen molar-refractivity contribution in [3.8, 4) is 11.4 Å². The number of ether oxygens (including phenoxy) is 2. The maximum atomic E-state index is 13.0. The van der Waals surface area contributed by atoms with Crippen molar-refractivity contribution < 1.29 is 23.5 Å². The van der Waals surface area contributed by atoms with Crippen LogP contribution in [0.25, 0.3) is 5.69 Å². The highest BCUT2D eigenvalue weighted by atomic mass is 35.5. The van der Waals surface area contributed by atoms with Crippen molar-refractivity contribution in [1.82, 2.24) is 9.78 Å². The first kappa shape index (κ1) is 19.4. The van der Waals surface area contributed by atoms with E-state index in [9.17, 15) is 14.0 Å². The molecule has 1 N–H and O–H groups in total. The van der Waals surface area contributed by atoms with Crippen molar-refractivity contribution in [2.24, 2.45) is 0 Å². The lowest BCUT2D eigenvalue weighted by Crippen LogP contribution is -2.21. The molecule has 0 aliphatic carbocycles. The molecule has 1 amide bonds. The summed E-state index contributed by atoms with van der Waals surface area (Å²) in [6.07, 6.45) is 1.53. The molecule has 28 heavy (non-hydrogen) atoms. The zero-order chi connectivity index (χ0) is 20.1. The number of carbonyl (C=O) groups is 2. The number of benzene rings is 2. The Morgan fingerprint density at radius 2 is 1.96 bits per heavy atom. The molecular weight excluding hydrogens is 389 g/mol. The molecule has 9 heteroatoms. The van der Waals surface area contributed by atoms with Gasteiger partial charge in [-0.2, -0.15) is 5.10 Å². The number of hydrogen-bond acceptors (Lipinski definition) is 5. The van der Waals surface area contributed by atoms with Gasteiger partial charge in [-0.1, -0.05) is 29.8 Å². The van der Waals surface area contributed by atoms with Gasteiger partial charge in [-0.15, -0.1) is 0 Å². The average Bonchev–Trinajstić information content (AvgIpc) is 3.13. The highest BCUT2D eigenvalue weighted by Crippen LogP contribution is 2.23. The number of nitrogens with zero attached hydrogens (tertiary/aromatic N) is 2. The molecule has 0 atom stereocenters.